The van der Waals surface area contributed by atoms with Crippen LogP contribution in [0.3, 0.4) is 0 Å². The van der Waals surface area contributed by atoms with Crippen molar-refractivity contribution in [3.8, 4) is 11.6 Å². The zero-order chi connectivity index (χ0) is 24.9. The molecule has 182 valence electrons. The fourth-order valence-corrected chi connectivity index (χ4v) is 4.82. The van der Waals surface area contributed by atoms with E-state index in [9.17, 15) is 4.79 Å². The summed E-state index contributed by atoms with van der Waals surface area (Å²) in [6.45, 7) is 0.425. The maximum Gasteiger partial charge on any atom is 0.226 e. The highest BCUT2D eigenvalue weighted by molar-refractivity contribution is 7.80. The lowest BCUT2D eigenvalue weighted by molar-refractivity contribution is -0.116. The highest BCUT2D eigenvalue weighted by Crippen LogP contribution is 2.39. The van der Waals surface area contributed by atoms with Gasteiger partial charge in [-0.1, -0.05) is 24.3 Å². The molecule has 5 rings (SSSR count). The van der Waals surface area contributed by atoms with Crippen LogP contribution in [-0.4, -0.2) is 44.1 Å². The standard InChI is InChI=1S/C27H26N6O2S/c1-35-22-12-3-2-9-19(22)30-24(34)14-18-33-26(25(31-27(33)36)20-10-4-6-15-28-20)21-11-8-17-32(21)23-13-5-7-16-29-23/h2-13,15-17,25-26H,14,18H2,1H3,(H,30,34)(H,31,36)/t25-,26-/m0/s1. The Kier molecular flexibility index (Phi) is 6.90. The van der Waals surface area contributed by atoms with Crippen LogP contribution in [0.1, 0.15) is 29.9 Å². The molecule has 2 atom stereocenters. The zero-order valence-corrected chi connectivity index (χ0v) is 20.6. The molecule has 3 aromatic heterocycles. The van der Waals surface area contributed by atoms with Crippen LogP contribution in [0.15, 0.2) is 91.4 Å². The number of aromatic nitrogens is 3. The molecule has 1 aliphatic rings. The van der Waals surface area contributed by atoms with Crippen molar-refractivity contribution >= 4 is 28.9 Å². The number of carbonyl (C=O) groups excluding carboxylic acids is 1. The molecule has 0 unspecified atom stereocenters. The lowest BCUT2D eigenvalue weighted by atomic mass is 10.0. The van der Waals surface area contributed by atoms with Gasteiger partial charge in [0.05, 0.1) is 30.6 Å². The maximum atomic E-state index is 12.9. The number of para-hydroxylation sites is 2. The second-order valence-electron chi connectivity index (χ2n) is 8.31. The summed E-state index contributed by atoms with van der Waals surface area (Å²) in [4.78, 5) is 24.1. The van der Waals surface area contributed by atoms with Gasteiger partial charge in [0, 0.05) is 37.3 Å². The SMILES string of the molecule is COc1ccccc1NC(=O)CCN1C(=S)N[C@@H](c2ccccn2)[C@@H]1c1cccn1-c1ccccn1. The molecule has 1 amide bonds. The Labute approximate surface area is 215 Å². The smallest absolute Gasteiger partial charge is 0.226 e. The second kappa shape index (κ2) is 10.6. The van der Waals surface area contributed by atoms with E-state index < -0.39 is 0 Å². The van der Waals surface area contributed by atoms with Crippen molar-refractivity contribution in [2.75, 3.05) is 19.0 Å². The Bertz CT molecular complexity index is 1340. The van der Waals surface area contributed by atoms with Crippen molar-refractivity contribution < 1.29 is 9.53 Å². The van der Waals surface area contributed by atoms with Crippen LogP contribution < -0.4 is 15.4 Å². The number of rotatable bonds is 8. The molecular formula is C27H26N6O2S. The lowest BCUT2D eigenvalue weighted by Crippen LogP contribution is -2.33. The molecule has 4 aromatic rings. The van der Waals surface area contributed by atoms with Crippen LogP contribution >= 0.6 is 12.2 Å². The van der Waals surface area contributed by atoms with Crippen molar-refractivity contribution in [1.29, 1.82) is 0 Å². The van der Waals surface area contributed by atoms with Crippen molar-refractivity contribution in [3.05, 3.63) is 103 Å². The minimum absolute atomic E-state index is 0.123. The van der Waals surface area contributed by atoms with Gasteiger partial charge >= 0.3 is 0 Å². The average molecular weight is 499 g/mol. The molecule has 1 fully saturated rings. The fourth-order valence-electron chi connectivity index (χ4n) is 4.49. The van der Waals surface area contributed by atoms with Gasteiger partial charge in [0.2, 0.25) is 5.91 Å². The van der Waals surface area contributed by atoms with E-state index in [0.29, 0.717) is 23.1 Å². The van der Waals surface area contributed by atoms with Crippen molar-refractivity contribution in [3.63, 3.8) is 0 Å². The minimum Gasteiger partial charge on any atom is -0.495 e. The molecule has 1 saturated heterocycles. The molecule has 0 saturated carbocycles. The molecule has 0 aliphatic carbocycles. The number of hydrogen-bond donors (Lipinski definition) is 2. The number of methoxy groups -OCH3 is 1. The van der Waals surface area contributed by atoms with Gasteiger partial charge in [-0.05, 0) is 60.7 Å². The van der Waals surface area contributed by atoms with E-state index in [4.69, 9.17) is 17.0 Å². The Balaban J connectivity index is 1.43. The number of ether oxygens (including phenoxy) is 1. The van der Waals surface area contributed by atoms with Gasteiger partial charge < -0.3 is 24.8 Å². The van der Waals surface area contributed by atoms with E-state index >= 15 is 0 Å². The third kappa shape index (κ3) is 4.78. The monoisotopic (exact) mass is 498 g/mol. The summed E-state index contributed by atoms with van der Waals surface area (Å²) < 4.78 is 7.41. The molecule has 0 radical (unpaired) electrons. The number of benzene rings is 1. The second-order valence-corrected chi connectivity index (χ2v) is 8.70. The molecule has 0 bridgehead atoms. The van der Waals surface area contributed by atoms with Gasteiger partial charge in [0.15, 0.2) is 5.11 Å². The maximum absolute atomic E-state index is 12.9. The molecule has 2 N–H and O–H groups in total. The number of amides is 1. The Morgan fingerprint density at radius 2 is 1.81 bits per heavy atom. The van der Waals surface area contributed by atoms with Crippen LogP contribution in [0, 0.1) is 0 Å². The first-order valence-electron chi connectivity index (χ1n) is 11.7. The third-order valence-electron chi connectivity index (χ3n) is 6.14. The number of thiocarbonyl (C=S) groups is 1. The van der Waals surface area contributed by atoms with Crippen LogP contribution in [0.25, 0.3) is 5.82 Å². The van der Waals surface area contributed by atoms with Crippen LogP contribution in [0.4, 0.5) is 5.69 Å². The fraction of sp³-hybridized carbons (Fsp3) is 0.185. The van der Waals surface area contributed by atoms with Crippen LogP contribution in [0.2, 0.25) is 0 Å². The first-order chi connectivity index (χ1) is 17.7. The summed E-state index contributed by atoms with van der Waals surface area (Å²) >= 11 is 5.76. The van der Waals surface area contributed by atoms with Crippen molar-refractivity contribution in [2.24, 2.45) is 0 Å². The quantitative estimate of drug-likeness (QED) is 0.351. The van der Waals surface area contributed by atoms with E-state index in [1.54, 1.807) is 19.5 Å². The highest BCUT2D eigenvalue weighted by Gasteiger charge is 2.41. The Morgan fingerprint density at radius 1 is 1.03 bits per heavy atom. The number of nitrogens with zero attached hydrogens (tertiary/aromatic N) is 4. The van der Waals surface area contributed by atoms with E-state index in [1.807, 2.05) is 72.9 Å². The van der Waals surface area contributed by atoms with E-state index in [0.717, 1.165) is 17.2 Å². The van der Waals surface area contributed by atoms with Crippen LogP contribution in [-0.2, 0) is 4.79 Å². The van der Waals surface area contributed by atoms with E-state index in [-0.39, 0.29) is 24.4 Å². The first-order valence-corrected chi connectivity index (χ1v) is 12.1. The van der Waals surface area contributed by atoms with Gasteiger partial charge in [0.25, 0.3) is 0 Å². The summed E-state index contributed by atoms with van der Waals surface area (Å²) in [6, 6.07) is 22.7. The van der Waals surface area contributed by atoms with Crippen molar-refractivity contribution in [1.82, 2.24) is 24.8 Å². The molecule has 1 aliphatic heterocycles. The van der Waals surface area contributed by atoms with Gasteiger partial charge in [-0.25, -0.2) is 4.98 Å². The number of pyridine rings is 2. The number of carbonyl (C=O) groups is 1. The summed E-state index contributed by atoms with van der Waals surface area (Å²) in [5.41, 5.74) is 2.51. The summed E-state index contributed by atoms with van der Waals surface area (Å²) in [5, 5.41) is 6.96. The summed E-state index contributed by atoms with van der Waals surface area (Å²) in [5.74, 6) is 1.30. The summed E-state index contributed by atoms with van der Waals surface area (Å²) in [6.07, 6.45) is 5.78. The normalized spacial score (nSPS) is 17.0. The Hall–Kier alpha value is -4.24. The van der Waals surface area contributed by atoms with E-state index in [2.05, 4.69) is 36.1 Å². The number of anilines is 1. The average Bonchev–Trinajstić information content (AvgIpc) is 3.53. The minimum atomic E-state index is -0.191. The third-order valence-corrected chi connectivity index (χ3v) is 6.49. The molecule has 4 heterocycles. The first kappa shape index (κ1) is 23.5. The predicted molar refractivity (Wildman–Crippen MR) is 142 cm³/mol. The topological polar surface area (TPSA) is 84.3 Å². The molecule has 1 aromatic carbocycles. The molecule has 8 nitrogen and oxygen atoms in total. The molecule has 36 heavy (non-hydrogen) atoms. The highest BCUT2D eigenvalue weighted by atomic mass is 32.1. The van der Waals surface area contributed by atoms with Gasteiger partial charge in [-0.3, -0.25) is 9.78 Å². The molecule has 0 spiro atoms. The zero-order valence-electron chi connectivity index (χ0n) is 19.7. The van der Waals surface area contributed by atoms with Gasteiger partial charge in [0.1, 0.15) is 11.6 Å². The molecular weight excluding hydrogens is 472 g/mol. The van der Waals surface area contributed by atoms with Gasteiger partial charge in [-0.2, -0.15) is 0 Å². The lowest BCUT2D eigenvalue weighted by Gasteiger charge is -2.28. The van der Waals surface area contributed by atoms with Crippen molar-refractivity contribution in [2.45, 2.75) is 18.5 Å². The Morgan fingerprint density at radius 3 is 2.56 bits per heavy atom. The predicted octanol–water partition coefficient (Wildman–Crippen LogP) is 4.28. The molecule has 9 heteroatoms. The van der Waals surface area contributed by atoms with Gasteiger partial charge in [-0.15, -0.1) is 0 Å². The van der Waals surface area contributed by atoms with E-state index in [1.165, 1.54) is 0 Å². The summed E-state index contributed by atoms with van der Waals surface area (Å²) in [7, 11) is 1.58. The van der Waals surface area contributed by atoms with Crippen LogP contribution in [0.5, 0.6) is 5.75 Å². The largest absolute Gasteiger partial charge is 0.495 e. The number of nitrogens with one attached hydrogen (secondary N) is 2. The number of hydrogen-bond acceptors (Lipinski definition) is 5.